The van der Waals surface area contributed by atoms with Gasteiger partial charge in [-0.2, -0.15) is 0 Å². The van der Waals surface area contributed by atoms with Crippen molar-refractivity contribution in [3.8, 4) is 0 Å². The molecule has 0 spiro atoms. The lowest BCUT2D eigenvalue weighted by Gasteiger charge is -2.18. The van der Waals surface area contributed by atoms with Crippen molar-refractivity contribution < 1.29 is 4.79 Å². The zero-order chi connectivity index (χ0) is 14.8. The van der Waals surface area contributed by atoms with Crippen molar-refractivity contribution in [3.05, 3.63) is 65.2 Å². The largest absolute Gasteiger partial charge is 0.344 e. The lowest BCUT2D eigenvalue weighted by atomic mass is 10.1. The summed E-state index contributed by atoms with van der Waals surface area (Å²) in [6, 6.07) is 16.0. The number of hydrogen-bond acceptors (Lipinski definition) is 2. The van der Waals surface area contributed by atoms with Crippen molar-refractivity contribution in [2.24, 2.45) is 0 Å². The monoisotopic (exact) mass is 361 g/mol. The summed E-state index contributed by atoms with van der Waals surface area (Å²) >= 11 is 5.37. The fourth-order valence-electron chi connectivity index (χ4n) is 2.68. The van der Waals surface area contributed by atoms with Gasteiger partial charge >= 0.3 is 0 Å². The van der Waals surface area contributed by atoms with Gasteiger partial charge in [0.05, 0.1) is 6.04 Å². The summed E-state index contributed by atoms with van der Waals surface area (Å²) in [4.78, 5) is 13.8. The third-order valence-electron chi connectivity index (χ3n) is 3.81. The molecule has 1 aliphatic carbocycles. The predicted molar refractivity (Wildman–Crippen MR) is 91.3 cm³/mol. The number of carbonyl (C=O) groups excluding carboxylic acids is 1. The molecule has 1 N–H and O–H groups in total. The van der Waals surface area contributed by atoms with Crippen LogP contribution in [0.15, 0.2) is 53.4 Å². The summed E-state index contributed by atoms with van der Waals surface area (Å²) in [5, 5.41) is 3.15. The molecule has 3 rings (SSSR count). The normalized spacial score (nSPS) is 20.1. The Hall–Kier alpha value is -1.26. The SMILES string of the molecule is CSc1ccc(C(=O)NC2c3ccccc3CC2Br)cc1. The zero-order valence-electron chi connectivity index (χ0n) is 11.7. The van der Waals surface area contributed by atoms with Gasteiger partial charge in [0.25, 0.3) is 5.91 Å². The summed E-state index contributed by atoms with van der Waals surface area (Å²) < 4.78 is 0. The lowest BCUT2D eigenvalue weighted by molar-refractivity contribution is 0.0938. The number of halogens is 1. The summed E-state index contributed by atoms with van der Waals surface area (Å²) in [7, 11) is 0. The summed E-state index contributed by atoms with van der Waals surface area (Å²) in [5.41, 5.74) is 3.23. The number of benzene rings is 2. The van der Waals surface area contributed by atoms with Crippen molar-refractivity contribution in [1.29, 1.82) is 0 Å². The molecule has 4 heteroatoms. The number of carbonyl (C=O) groups is 1. The Morgan fingerprint density at radius 1 is 1.19 bits per heavy atom. The van der Waals surface area contributed by atoms with E-state index in [4.69, 9.17) is 0 Å². The fourth-order valence-corrected chi connectivity index (χ4v) is 3.86. The van der Waals surface area contributed by atoms with E-state index in [2.05, 4.69) is 33.4 Å². The van der Waals surface area contributed by atoms with Gasteiger partial charge in [-0.1, -0.05) is 40.2 Å². The Bertz CT molecular complexity index is 656. The quantitative estimate of drug-likeness (QED) is 0.655. The number of thioether (sulfide) groups is 1. The standard InChI is InChI=1S/C17H16BrNOS/c1-21-13-8-6-11(7-9-13)17(20)19-16-14-5-3-2-4-12(14)10-15(16)18/h2-9,15-16H,10H2,1H3,(H,19,20). The van der Waals surface area contributed by atoms with E-state index >= 15 is 0 Å². The number of nitrogens with one attached hydrogen (secondary N) is 1. The first-order valence-electron chi connectivity index (χ1n) is 6.86. The Morgan fingerprint density at radius 2 is 1.90 bits per heavy atom. The van der Waals surface area contributed by atoms with Gasteiger partial charge in [0.2, 0.25) is 0 Å². The maximum absolute atomic E-state index is 12.4. The first-order chi connectivity index (χ1) is 10.2. The minimum absolute atomic E-state index is 0.0196. The summed E-state index contributed by atoms with van der Waals surface area (Å²) in [5.74, 6) is -0.0196. The van der Waals surface area contributed by atoms with Gasteiger partial charge < -0.3 is 5.32 Å². The smallest absolute Gasteiger partial charge is 0.251 e. The van der Waals surface area contributed by atoms with Crippen molar-refractivity contribution in [3.63, 3.8) is 0 Å². The molecule has 0 heterocycles. The van der Waals surface area contributed by atoms with Gasteiger partial charge in [0.15, 0.2) is 0 Å². The van der Waals surface area contributed by atoms with Crippen LogP contribution >= 0.6 is 27.7 Å². The van der Waals surface area contributed by atoms with E-state index in [0.29, 0.717) is 5.56 Å². The van der Waals surface area contributed by atoms with E-state index in [-0.39, 0.29) is 16.8 Å². The molecule has 108 valence electrons. The highest BCUT2D eigenvalue weighted by Gasteiger charge is 2.31. The summed E-state index contributed by atoms with van der Waals surface area (Å²) in [6.07, 6.45) is 2.98. The molecular weight excluding hydrogens is 346 g/mol. The van der Waals surface area contributed by atoms with E-state index in [0.717, 1.165) is 11.3 Å². The highest BCUT2D eigenvalue weighted by atomic mass is 79.9. The number of alkyl halides is 1. The molecule has 2 aromatic carbocycles. The maximum atomic E-state index is 12.4. The molecule has 1 amide bonds. The average Bonchev–Trinajstić information content (AvgIpc) is 2.83. The first-order valence-corrected chi connectivity index (χ1v) is 9.00. The predicted octanol–water partition coefficient (Wildman–Crippen LogP) is 4.20. The molecule has 0 bridgehead atoms. The molecule has 2 unspecified atom stereocenters. The second kappa shape index (κ2) is 6.24. The molecule has 0 aromatic heterocycles. The van der Waals surface area contributed by atoms with Gasteiger partial charge in [-0.15, -0.1) is 11.8 Å². The van der Waals surface area contributed by atoms with Crippen LogP contribution in [0, 0.1) is 0 Å². The molecule has 0 radical (unpaired) electrons. The van der Waals surface area contributed by atoms with Gasteiger partial charge in [0.1, 0.15) is 0 Å². The molecule has 0 saturated carbocycles. The van der Waals surface area contributed by atoms with E-state index in [1.54, 1.807) is 11.8 Å². The molecule has 21 heavy (non-hydrogen) atoms. The van der Waals surface area contributed by atoms with E-state index in [9.17, 15) is 4.79 Å². The molecule has 2 aromatic rings. The fraction of sp³-hybridized carbons (Fsp3) is 0.235. The average molecular weight is 362 g/mol. The van der Waals surface area contributed by atoms with Crippen LogP contribution in [0.3, 0.4) is 0 Å². The topological polar surface area (TPSA) is 29.1 Å². The minimum Gasteiger partial charge on any atom is -0.344 e. The zero-order valence-corrected chi connectivity index (χ0v) is 14.1. The highest BCUT2D eigenvalue weighted by Crippen LogP contribution is 2.35. The van der Waals surface area contributed by atoms with Crippen LogP contribution in [0.1, 0.15) is 27.5 Å². The first kappa shape index (κ1) is 14.7. The molecule has 2 nitrogen and oxygen atoms in total. The van der Waals surface area contributed by atoms with Gasteiger partial charge in [-0.3, -0.25) is 4.79 Å². The molecule has 0 aliphatic heterocycles. The van der Waals surface area contributed by atoms with Gasteiger partial charge in [-0.25, -0.2) is 0 Å². The molecular formula is C17H16BrNOS. The van der Waals surface area contributed by atoms with Crippen molar-refractivity contribution in [2.45, 2.75) is 22.2 Å². The van der Waals surface area contributed by atoms with Crippen LogP contribution in [0.4, 0.5) is 0 Å². The van der Waals surface area contributed by atoms with Crippen molar-refractivity contribution in [2.75, 3.05) is 6.26 Å². The van der Waals surface area contributed by atoms with Crippen LogP contribution in [0.25, 0.3) is 0 Å². The molecule has 2 atom stereocenters. The Kier molecular flexibility index (Phi) is 4.36. The Balaban J connectivity index is 1.78. The third-order valence-corrected chi connectivity index (χ3v) is 5.40. The van der Waals surface area contributed by atoms with Crippen LogP contribution in [-0.2, 0) is 6.42 Å². The molecule has 0 saturated heterocycles. The highest BCUT2D eigenvalue weighted by molar-refractivity contribution is 9.09. The Morgan fingerprint density at radius 3 is 2.62 bits per heavy atom. The van der Waals surface area contributed by atoms with Crippen LogP contribution in [-0.4, -0.2) is 17.0 Å². The van der Waals surface area contributed by atoms with Crippen LogP contribution in [0.2, 0.25) is 0 Å². The summed E-state index contributed by atoms with van der Waals surface area (Å²) in [6.45, 7) is 0. The third kappa shape index (κ3) is 3.01. The molecule has 0 fully saturated rings. The maximum Gasteiger partial charge on any atom is 0.251 e. The number of hydrogen-bond donors (Lipinski definition) is 1. The number of fused-ring (bicyclic) bond motifs is 1. The van der Waals surface area contributed by atoms with Gasteiger partial charge in [0, 0.05) is 15.3 Å². The second-order valence-corrected chi connectivity index (χ2v) is 7.15. The number of amides is 1. The second-order valence-electron chi connectivity index (χ2n) is 5.10. The Labute approximate surface area is 137 Å². The van der Waals surface area contributed by atoms with E-state index < -0.39 is 0 Å². The van der Waals surface area contributed by atoms with Crippen molar-refractivity contribution >= 4 is 33.6 Å². The molecule has 1 aliphatic rings. The van der Waals surface area contributed by atoms with Crippen molar-refractivity contribution in [1.82, 2.24) is 5.32 Å². The van der Waals surface area contributed by atoms with Crippen LogP contribution in [0.5, 0.6) is 0 Å². The lowest BCUT2D eigenvalue weighted by Crippen LogP contribution is -2.31. The van der Waals surface area contributed by atoms with E-state index in [1.165, 1.54) is 11.1 Å². The minimum atomic E-state index is -0.0196. The van der Waals surface area contributed by atoms with Gasteiger partial charge in [-0.05, 0) is 48.1 Å². The van der Waals surface area contributed by atoms with E-state index in [1.807, 2.05) is 42.7 Å². The van der Waals surface area contributed by atoms with Crippen LogP contribution < -0.4 is 5.32 Å². The number of rotatable bonds is 3.